The molecule has 2 aromatic rings. The van der Waals surface area contributed by atoms with Crippen molar-refractivity contribution in [3.63, 3.8) is 0 Å². The van der Waals surface area contributed by atoms with Gasteiger partial charge in [0.15, 0.2) is 0 Å². The fourth-order valence-electron chi connectivity index (χ4n) is 5.74. The zero-order valence-electron chi connectivity index (χ0n) is 34.9. The number of benzene rings is 2. The van der Waals surface area contributed by atoms with Crippen LogP contribution in [-0.2, 0) is 6.42 Å². The summed E-state index contributed by atoms with van der Waals surface area (Å²) in [7, 11) is 0. The molecule has 2 nitrogen and oxygen atoms in total. The van der Waals surface area contributed by atoms with E-state index in [2.05, 4.69) is 15.9 Å². The number of hydrogen-bond acceptors (Lipinski definition) is 2. The van der Waals surface area contributed by atoms with Crippen LogP contribution in [-0.4, -0.2) is 108 Å². The first-order valence-electron chi connectivity index (χ1n) is 19.0. The molecule has 0 bridgehead atoms. The molecule has 0 aromatic heterocycles. The molecule has 0 amide bonds. The third kappa shape index (κ3) is 11.0. The SMILES string of the molecule is FC(F)(F)C(F)(F)C(F)(F)C(F)(F)C(F)(F)C(F)(F)C(F)(F)C(F)(F)CCCOc1cc(CCC(Br)c2ccccc2)cc(OCCCC(F)(F)C(F)(F)C(F)(F)C(F)(F)C(F)(F)C(F)(F)C(F)(F)C(F)(F)F)c1. The van der Waals surface area contributed by atoms with Crippen LogP contribution in [0.4, 0.5) is 149 Å². The summed E-state index contributed by atoms with van der Waals surface area (Å²) in [5.74, 6) is -119. The molecule has 0 fully saturated rings. The average molecular weight is 1230 g/mol. The van der Waals surface area contributed by atoms with E-state index in [1.54, 1.807) is 6.07 Å². The highest BCUT2D eigenvalue weighted by molar-refractivity contribution is 9.09. The summed E-state index contributed by atoms with van der Waals surface area (Å²) in [5.41, 5.74) is 0.380. The molecule has 0 aliphatic carbocycles. The molecule has 2 rings (SSSR count). The minimum absolute atomic E-state index is 0.0368. The lowest BCUT2D eigenvalue weighted by Gasteiger charge is -2.42. The van der Waals surface area contributed by atoms with Crippen molar-refractivity contribution in [2.75, 3.05) is 13.2 Å². The summed E-state index contributed by atoms with van der Waals surface area (Å²) in [6.07, 6.45) is -26.0. The van der Waals surface area contributed by atoms with Crippen LogP contribution in [0.1, 0.15) is 48.1 Å². The van der Waals surface area contributed by atoms with E-state index in [0.717, 1.165) is 12.1 Å². The van der Waals surface area contributed by atoms with Gasteiger partial charge < -0.3 is 9.47 Å². The quantitative estimate of drug-likeness (QED) is 0.0531. The lowest BCUT2D eigenvalue weighted by atomic mass is 9.88. The molecular formula is C37H25BrF34O2. The maximum Gasteiger partial charge on any atom is 0.460 e. The zero-order chi connectivity index (χ0) is 58.6. The van der Waals surface area contributed by atoms with Crippen molar-refractivity contribution >= 4 is 15.9 Å². The highest BCUT2D eigenvalue weighted by Gasteiger charge is 2.97. The molecule has 0 aliphatic rings. The molecule has 74 heavy (non-hydrogen) atoms. The van der Waals surface area contributed by atoms with Crippen LogP contribution in [0, 0.1) is 0 Å². The second-order valence-corrected chi connectivity index (χ2v) is 16.5. The van der Waals surface area contributed by atoms with Gasteiger partial charge >= 0.3 is 95.3 Å². The van der Waals surface area contributed by atoms with Crippen LogP contribution >= 0.6 is 15.9 Å². The van der Waals surface area contributed by atoms with Crippen molar-refractivity contribution < 1.29 is 159 Å². The van der Waals surface area contributed by atoms with Crippen molar-refractivity contribution in [2.24, 2.45) is 0 Å². The van der Waals surface area contributed by atoms with Crippen molar-refractivity contribution in [2.45, 2.75) is 139 Å². The Kier molecular flexibility index (Phi) is 18.4. The van der Waals surface area contributed by atoms with Gasteiger partial charge in [-0.05, 0) is 48.9 Å². The summed E-state index contributed by atoms with van der Waals surface area (Å²) in [6.45, 7) is -3.15. The van der Waals surface area contributed by atoms with Crippen molar-refractivity contribution in [1.29, 1.82) is 0 Å². The third-order valence-electron chi connectivity index (χ3n) is 10.2. The highest BCUT2D eigenvalue weighted by atomic mass is 79.9. The molecule has 0 N–H and O–H groups in total. The molecule has 430 valence electrons. The molecule has 0 spiro atoms. The summed E-state index contributed by atoms with van der Waals surface area (Å²) in [6, 6.07) is 9.72. The van der Waals surface area contributed by atoms with Gasteiger partial charge in [-0.1, -0.05) is 46.3 Å². The number of aryl methyl sites for hydroxylation is 1. The largest absolute Gasteiger partial charge is 0.493 e. The summed E-state index contributed by atoms with van der Waals surface area (Å²) < 4.78 is 473. The Labute approximate surface area is 397 Å². The third-order valence-corrected chi connectivity index (χ3v) is 11.2. The molecule has 0 radical (unpaired) electrons. The van der Waals surface area contributed by atoms with Crippen LogP contribution < -0.4 is 9.47 Å². The molecule has 1 atom stereocenters. The average Bonchev–Trinajstić information content (AvgIpc) is 3.24. The highest BCUT2D eigenvalue weighted by Crippen LogP contribution is 2.66. The molecule has 37 heteroatoms. The van der Waals surface area contributed by atoms with Crippen LogP contribution in [0.15, 0.2) is 48.5 Å². The molecular weight excluding hydrogens is 1200 g/mol. The Morgan fingerprint density at radius 1 is 0.351 bits per heavy atom. The maximum absolute atomic E-state index is 14.4. The first kappa shape index (κ1) is 66.3. The second-order valence-electron chi connectivity index (χ2n) is 15.4. The van der Waals surface area contributed by atoms with E-state index < -0.39 is 150 Å². The van der Waals surface area contributed by atoms with Gasteiger partial charge in [0.25, 0.3) is 0 Å². The molecule has 0 heterocycles. The standard InChI is InChI=1S/C37H25BrF34O2/c38-21(18-6-2-1-3-7-18)9-8-17-14-19(73-12-4-10-22(39,40)24(43,44)26(47,48)28(51,52)30(55,56)32(59,60)34(63,64)36(67,68)69)16-20(15-17)74-13-5-11-23(41,42)25(45,46)27(49,50)29(53,54)31(57,58)33(61,62)35(65,66)37(70,71)72/h1-3,6-7,14-16,21H,4-5,8-13H2. The number of ether oxygens (including phenoxy) is 2. The maximum atomic E-state index is 14.4. The van der Waals surface area contributed by atoms with Gasteiger partial charge in [-0.15, -0.1) is 0 Å². The Bertz CT molecular complexity index is 2060. The minimum atomic E-state index is -8.90. The summed E-state index contributed by atoms with van der Waals surface area (Å²) >= 11 is 3.24. The van der Waals surface area contributed by atoms with Gasteiger partial charge in [0.1, 0.15) is 11.5 Å². The fraction of sp³-hybridized carbons (Fsp3) is 0.676. The van der Waals surface area contributed by atoms with Crippen LogP contribution in [0.25, 0.3) is 0 Å². The zero-order valence-corrected chi connectivity index (χ0v) is 36.5. The fourth-order valence-corrected chi connectivity index (χ4v) is 6.27. The smallest absolute Gasteiger partial charge is 0.460 e. The Morgan fingerprint density at radius 2 is 0.622 bits per heavy atom. The van der Waals surface area contributed by atoms with E-state index >= 15 is 0 Å². The summed E-state index contributed by atoms with van der Waals surface area (Å²) in [5, 5.41) is 0. The minimum Gasteiger partial charge on any atom is -0.493 e. The lowest BCUT2D eigenvalue weighted by molar-refractivity contribution is -0.461. The van der Waals surface area contributed by atoms with Gasteiger partial charge in [0, 0.05) is 23.7 Å². The van der Waals surface area contributed by atoms with Crippen LogP contribution in [0.5, 0.6) is 11.5 Å². The van der Waals surface area contributed by atoms with E-state index in [1.165, 1.54) is 24.3 Å². The Balaban J connectivity index is 2.40. The second kappa shape index (κ2) is 20.5. The van der Waals surface area contributed by atoms with E-state index in [9.17, 15) is 149 Å². The first-order chi connectivity index (χ1) is 32.5. The molecule has 0 saturated carbocycles. The lowest BCUT2D eigenvalue weighted by Crippen LogP contribution is -2.74. The van der Waals surface area contributed by atoms with Crippen molar-refractivity contribution in [3.05, 3.63) is 59.7 Å². The number of hydrogen-bond donors (Lipinski definition) is 0. The normalized spacial score (nSPS) is 15.9. The molecule has 2 aromatic carbocycles. The number of alkyl halides is 35. The number of rotatable bonds is 26. The van der Waals surface area contributed by atoms with Crippen molar-refractivity contribution in [1.82, 2.24) is 0 Å². The molecule has 1 unspecified atom stereocenters. The van der Waals surface area contributed by atoms with Gasteiger partial charge in [-0.25, -0.2) is 0 Å². The first-order valence-corrected chi connectivity index (χ1v) is 19.9. The van der Waals surface area contributed by atoms with Crippen molar-refractivity contribution in [3.8, 4) is 11.5 Å². The van der Waals surface area contributed by atoms with Gasteiger partial charge in [-0.2, -0.15) is 149 Å². The van der Waals surface area contributed by atoms with Crippen LogP contribution in [0.3, 0.4) is 0 Å². The van der Waals surface area contributed by atoms with Gasteiger partial charge in [0.2, 0.25) is 0 Å². The molecule has 0 saturated heterocycles. The predicted molar refractivity (Wildman–Crippen MR) is 184 cm³/mol. The molecule has 0 aliphatic heterocycles. The van der Waals surface area contributed by atoms with Gasteiger partial charge in [0.05, 0.1) is 13.2 Å². The van der Waals surface area contributed by atoms with E-state index in [1.807, 2.05) is 0 Å². The summed E-state index contributed by atoms with van der Waals surface area (Å²) in [4.78, 5) is -0.610. The van der Waals surface area contributed by atoms with E-state index in [0.29, 0.717) is 11.6 Å². The Morgan fingerprint density at radius 3 is 0.905 bits per heavy atom. The van der Waals surface area contributed by atoms with E-state index in [4.69, 9.17) is 9.47 Å². The number of halogens is 35. The van der Waals surface area contributed by atoms with Crippen LogP contribution in [0.2, 0.25) is 0 Å². The van der Waals surface area contributed by atoms with E-state index in [-0.39, 0.29) is 18.4 Å². The Hall–Kier alpha value is -3.86. The van der Waals surface area contributed by atoms with Gasteiger partial charge in [-0.3, -0.25) is 0 Å². The predicted octanol–water partition coefficient (Wildman–Crippen LogP) is 17.1. The topological polar surface area (TPSA) is 18.5 Å². The monoisotopic (exact) mass is 1230 g/mol.